The second-order valence-corrected chi connectivity index (χ2v) is 6.04. The number of halogens is 2. The van der Waals surface area contributed by atoms with Gasteiger partial charge < -0.3 is 14.8 Å². The highest BCUT2D eigenvalue weighted by molar-refractivity contribution is 6.31. The fourth-order valence-corrected chi connectivity index (χ4v) is 2.53. The standard InChI is InChI=1S/C21H19ClFNO2/c22-20-14-17(8-11-21(20)23)24-15-16-6-9-19(10-7-16)26-13-12-25-18-4-2-1-3-5-18/h1-11,14,24H,12-13,15H2. The first-order chi connectivity index (χ1) is 12.7. The van der Waals surface area contributed by atoms with Crippen molar-refractivity contribution >= 4 is 17.3 Å². The molecule has 0 aliphatic rings. The highest BCUT2D eigenvalue weighted by Gasteiger charge is 2.01. The second kappa shape index (κ2) is 9.11. The first-order valence-corrected chi connectivity index (χ1v) is 8.67. The molecule has 1 N–H and O–H groups in total. The summed E-state index contributed by atoms with van der Waals surface area (Å²) in [4.78, 5) is 0. The quantitative estimate of drug-likeness (QED) is 0.527. The Labute approximate surface area is 157 Å². The summed E-state index contributed by atoms with van der Waals surface area (Å²) in [6, 6.07) is 22.0. The number of hydrogen-bond donors (Lipinski definition) is 1. The van der Waals surface area contributed by atoms with Gasteiger partial charge in [0.15, 0.2) is 0 Å². The molecule has 0 fully saturated rings. The maximum atomic E-state index is 13.1. The minimum Gasteiger partial charge on any atom is -0.490 e. The van der Waals surface area contributed by atoms with Crippen LogP contribution in [0.4, 0.5) is 10.1 Å². The Bertz CT molecular complexity index is 825. The van der Waals surface area contributed by atoms with Crippen molar-refractivity contribution in [3.05, 3.63) is 89.2 Å². The Hall–Kier alpha value is -2.72. The molecule has 26 heavy (non-hydrogen) atoms. The number of ether oxygens (including phenoxy) is 2. The molecule has 0 aliphatic heterocycles. The zero-order chi connectivity index (χ0) is 18.2. The van der Waals surface area contributed by atoms with Crippen molar-refractivity contribution in [1.82, 2.24) is 0 Å². The minimum atomic E-state index is -0.421. The van der Waals surface area contributed by atoms with Gasteiger partial charge in [0.2, 0.25) is 0 Å². The molecule has 0 saturated carbocycles. The van der Waals surface area contributed by atoms with Crippen molar-refractivity contribution in [2.75, 3.05) is 18.5 Å². The van der Waals surface area contributed by atoms with Crippen LogP contribution in [0.1, 0.15) is 5.56 Å². The third-order valence-corrected chi connectivity index (χ3v) is 3.99. The molecule has 0 amide bonds. The van der Waals surface area contributed by atoms with Gasteiger partial charge in [-0.05, 0) is 48.0 Å². The Morgan fingerprint density at radius 3 is 2.12 bits per heavy atom. The van der Waals surface area contributed by atoms with Gasteiger partial charge in [0, 0.05) is 12.2 Å². The summed E-state index contributed by atoms with van der Waals surface area (Å²) in [6.07, 6.45) is 0. The average molecular weight is 372 g/mol. The predicted octanol–water partition coefficient (Wildman–Crippen LogP) is 5.55. The number of anilines is 1. The third-order valence-electron chi connectivity index (χ3n) is 3.70. The van der Waals surface area contributed by atoms with E-state index in [0.29, 0.717) is 19.8 Å². The summed E-state index contributed by atoms with van der Waals surface area (Å²) in [5.74, 6) is 1.20. The molecule has 0 aromatic heterocycles. The highest BCUT2D eigenvalue weighted by Crippen LogP contribution is 2.20. The lowest BCUT2D eigenvalue weighted by molar-refractivity contribution is 0.217. The van der Waals surface area contributed by atoms with E-state index < -0.39 is 5.82 Å². The number of para-hydroxylation sites is 1. The molecule has 3 rings (SSSR count). The van der Waals surface area contributed by atoms with Crippen LogP contribution in [-0.4, -0.2) is 13.2 Å². The number of hydrogen-bond acceptors (Lipinski definition) is 3. The van der Waals surface area contributed by atoms with E-state index in [1.54, 1.807) is 12.1 Å². The van der Waals surface area contributed by atoms with Crippen LogP contribution in [0.25, 0.3) is 0 Å². The second-order valence-electron chi connectivity index (χ2n) is 5.64. The first kappa shape index (κ1) is 18.1. The normalized spacial score (nSPS) is 10.4. The van der Waals surface area contributed by atoms with Crippen LogP contribution >= 0.6 is 11.6 Å². The SMILES string of the molecule is Fc1ccc(NCc2ccc(OCCOc3ccccc3)cc2)cc1Cl. The zero-order valence-corrected chi connectivity index (χ0v) is 14.9. The summed E-state index contributed by atoms with van der Waals surface area (Å²) < 4.78 is 24.4. The summed E-state index contributed by atoms with van der Waals surface area (Å²) in [6.45, 7) is 1.57. The fourth-order valence-electron chi connectivity index (χ4n) is 2.35. The molecule has 0 radical (unpaired) electrons. The van der Waals surface area contributed by atoms with Crippen LogP contribution in [0.3, 0.4) is 0 Å². The lowest BCUT2D eigenvalue weighted by atomic mass is 10.2. The molecule has 3 nitrogen and oxygen atoms in total. The molecule has 3 aromatic carbocycles. The zero-order valence-electron chi connectivity index (χ0n) is 14.1. The van der Waals surface area contributed by atoms with E-state index >= 15 is 0 Å². The summed E-state index contributed by atoms with van der Waals surface area (Å²) in [7, 11) is 0. The molecular formula is C21H19ClFNO2. The maximum absolute atomic E-state index is 13.1. The van der Waals surface area contributed by atoms with E-state index in [-0.39, 0.29) is 5.02 Å². The smallest absolute Gasteiger partial charge is 0.141 e. The van der Waals surface area contributed by atoms with Gasteiger partial charge >= 0.3 is 0 Å². The van der Waals surface area contributed by atoms with Crippen LogP contribution in [0, 0.1) is 5.82 Å². The lowest BCUT2D eigenvalue weighted by Gasteiger charge is -2.10. The molecule has 0 aliphatic carbocycles. The first-order valence-electron chi connectivity index (χ1n) is 8.29. The van der Waals surface area contributed by atoms with Crippen molar-refractivity contribution in [1.29, 1.82) is 0 Å². The van der Waals surface area contributed by atoms with Gasteiger partial charge in [-0.2, -0.15) is 0 Å². The molecule has 0 unspecified atom stereocenters. The summed E-state index contributed by atoms with van der Waals surface area (Å²) >= 11 is 5.77. The van der Waals surface area contributed by atoms with E-state index in [2.05, 4.69) is 5.32 Å². The van der Waals surface area contributed by atoms with Gasteiger partial charge in [0.25, 0.3) is 0 Å². The van der Waals surface area contributed by atoms with Gasteiger partial charge in [-0.3, -0.25) is 0 Å². The number of benzene rings is 3. The molecule has 3 aromatic rings. The molecule has 0 saturated heterocycles. The molecule has 0 atom stereocenters. The van der Waals surface area contributed by atoms with Crippen molar-refractivity contribution in [3.8, 4) is 11.5 Å². The van der Waals surface area contributed by atoms with E-state index in [4.69, 9.17) is 21.1 Å². The van der Waals surface area contributed by atoms with Gasteiger partial charge in [-0.1, -0.05) is 41.9 Å². The summed E-state index contributed by atoms with van der Waals surface area (Å²) in [5, 5.41) is 3.31. The van der Waals surface area contributed by atoms with E-state index in [1.807, 2.05) is 54.6 Å². The Kier molecular flexibility index (Phi) is 6.34. The van der Waals surface area contributed by atoms with Gasteiger partial charge in [-0.25, -0.2) is 4.39 Å². The van der Waals surface area contributed by atoms with E-state index in [1.165, 1.54) is 6.07 Å². The van der Waals surface area contributed by atoms with Crippen LogP contribution in [0.5, 0.6) is 11.5 Å². The molecule has 0 spiro atoms. The van der Waals surface area contributed by atoms with Crippen molar-refractivity contribution in [3.63, 3.8) is 0 Å². The van der Waals surface area contributed by atoms with Crippen LogP contribution in [0.2, 0.25) is 5.02 Å². The predicted molar refractivity (Wildman–Crippen MR) is 103 cm³/mol. The van der Waals surface area contributed by atoms with Crippen molar-refractivity contribution in [2.45, 2.75) is 6.54 Å². The van der Waals surface area contributed by atoms with Crippen LogP contribution < -0.4 is 14.8 Å². The van der Waals surface area contributed by atoms with Gasteiger partial charge in [0.1, 0.15) is 30.5 Å². The third kappa shape index (κ3) is 5.39. The average Bonchev–Trinajstić information content (AvgIpc) is 2.68. The summed E-state index contributed by atoms with van der Waals surface area (Å²) in [5.41, 5.74) is 1.85. The molecule has 134 valence electrons. The minimum absolute atomic E-state index is 0.108. The van der Waals surface area contributed by atoms with E-state index in [9.17, 15) is 4.39 Å². The van der Waals surface area contributed by atoms with Gasteiger partial charge in [-0.15, -0.1) is 0 Å². The largest absolute Gasteiger partial charge is 0.490 e. The number of nitrogens with one attached hydrogen (secondary N) is 1. The molecule has 0 bridgehead atoms. The maximum Gasteiger partial charge on any atom is 0.141 e. The topological polar surface area (TPSA) is 30.5 Å². The van der Waals surface area contributed by atoms with Crippen molar-refractivity contribution in [2.24, 2.45) is 0 Å². The molecule has 5 heteroatoms. The fraction of sp³-hybridized carbons (Fsp3) is 0.143. The molecular weight excluding hydrogens is 353 g/mol. The van der Waals surface area contributed by atoms with Gasteiger partial charge in [0.05, 0.1) is 5.02 Å². The Morgan fingerprint density at radius 2 is 1.46 bits per heavy atom. The van der Waals surface area contributed by atoms with Crippen LogP contribution in [-0.2, 0) is 6.54 Å². The Balaban J connectivity index is 1.42. The van der Waals surface area contributed by atoms with E-state index in [0.717, 1.165) is 22.7 Å². The molecule has 0 heterocycles. The monoisotopic (exact) mass is 371 g/mol. The lowest BCUT2D eigenvalue weighted by Crippen LogP contribution is -2.09. The highest BCUT2D eigenvalue weighted by atomic mass is 35.5. The van der Waals surface area contributed by atoms with Crippen molar-refractivity contribution < 1.29 is 13.9 Å². The van der Waals surface area contributed by atoms with Crippen LogP contribution in [0.15, 0.2) is 72.8 Å². The number of rotatable bonds is 8. The Morgan fingerprint density at radius 1 is 0.808 bits per heavy atom.